The van der Waals surface area contributed by atoms with E-state index in [2.05, 4.69) is 36.9 Å². The lowest BCUT2D eigenvalue weighted by molar-refractivity contribution is -0.132. The maximum absolute atomic E-state index is 12.3. The van der Waals surface area contributed by atoms with Crippen LogP contribution in [0.3, 0.4) is 0 Å². The molecule has 1 N–H and O–H groups in total. The fourth-order valence-electron chi connectivity index (χ4n) is 2.43. The highest BCUT2D eigenvalue weighted by atomic mass is 16.2. The van der Waals surface area contributed by atoms with Crippen molar-refractivity contribution < 1.29 is 9.59 Å². The molecule has 5 nitrogen and oxygen atoms in total. The molecule has 0 aliphatic carbocycles. The van der Waals surface area contributed by atoms with Crippen molar-refractivity contribution in [3.05, 3.63) is 0 Å². The van der Waals surface area contributed by atoms with Gasteiger partial charge >= 0.3 is 0 Å². The molecule has 0 spiro atoms. The Kier molecular flexibility index (Phi) is 7.97. The maximum atomic E-state index is 12.3. The Morgan fingerprint density at radius 1 is 1.18 bits per heavy atom. The number of amides is 2. The first-order chi connectivity index (χ1) is 10.4. The van der Waals surface area contributed by atoms with Crippen molar-refractivity contribution in [1.29, 1.82) is 0 Å². The van der Waals surface area contributed by atoms with E-state index in [9.17, 15) is 9.59 Å². The number of hydrogen-bond donors (Lipinski definition) is 1. The van der Waals surface area contributed by atoms with Gasteiger partial charge in [-0.3, -0.25) is 14.5 Å². The smallest absolute Gasteiger partial charge is 0.234 e. The molecule has 1 saturated heterocycles. The third kappa shape index (κ3) is 6.48. The van der Waals surface area contributed by atoms with Crippen LogP contribution < -0.4 is 5.32 Å². The summed E-state index contributed by atoms with van der Waals surface area (Å²) in [4.78, 5) is 28.1. The van der Waals surface area contributed by atoms with E-state index >= 15 is 0 Å². The van der Waals surface area contributed by atoms with Gasteiger partial charge in [0.15, 0.2) is 0 Å². The Bertz CT molecular complexity index is 415. The standard InChI is InChI=1S/C17H29N3O2/c1-5-7-18-16(21)13-19-8-6-9-20(11-10-19)17(22)12-15(4)14(2)3/h1,14-15H,6-13H2,2-4H3,(H,18,21). The average Bonchev–Trinajstić information content (AvgIpc) is 2.70. The summed E-state index contributed by atoms with van der Waals surface area (Å²) in [5, 5.41) is 2.68. The van der Waals surface area contributed by atoms with Gasteiger partial charge in [-0.15, -0.1) is 6.42 Å². The zero-order valence-electron chi connectivity index (χ0n) is 14.1. The van der Waals surface area contributed by atoms with Gasteiger partial charge in [-0.1, -0.05) is 26.7 Å². The van der Waals surface area contributed by atoms with Gasteiger partial charge in [0.25, 0.3) is 0 Å². The minimum Gasteiger partial charge on any atom is -0.344 e. The summed E-state index contributed by atoms with van der Waals surface area (Å²) in [7, 11) is 0. The molecule has 1 aliphatic rings. The molecule has 1 unspecified atom stereocenters. The predicted molar refractivity (Wildman–Crippen MR) is 88.1 cm³/mol. The molecule has 1 rings (SSSR count). The van der Waals surface area contributed by atoms with Gasteiger partial charge in [0.05, 0.1) is 13.1 Å². The molecule has 1 atom stereocenters. The summed E-state index contributed by atoms with van der Waals surface area (Å²) in [5.41, 5.74) is 0. The van der Waals surface area contributed by atoms with Crippen LogP contribution in [0.2, 0.25) is 0 Å². The molecule has 22 heavy (non-hydrogen) atoms. The highest BCUT2D eigenvalue weighted by Gasteiger charge is 2.22. The van der Waals surface area contributed by atoms with Crippen LogP contribution in [0.5, 0.6) is 0 Å². The van der Waals surface area contributed by atoms with E-state index in [1.165, 1.54) is 0 Å². The Hall–Kier alpha value is -1.54. The number of terminal acetylenes is 1. The molecule has 1 fully saturated rings. The number of rotatable bonds is 6. The third-order valence-corrected chi connectivity index (χ3v) is 4.33. The van der Waals surface area contributed by atoms with Gasteiger partial charge in [-0.25, -0.2) is 0 Å². The van der Waals surface area contributed by atoms with Crippen LogP contribution in [0.25, 0.3) is 0 Å². The lowest BCUT2D eigenvalue weighted by atomic mass is 9.94. The largest absolute Gasteiger partial charge is 0.344 e. The number of carbonyl (C=O) groups is 2. The summed E-state index contributed by atoms with van der Waals surface area (Å²) >= 11 is 0. The van der Waals surface area contributed by atoms with Crippen molar-refractivity contribution in [1.82, 2.24) is 15.1 Å². The van der Waals surface area contributed by atoms with E-state index in [0.717, 1.165) is 26.1 Å². The van der Waals surface area contributed by atoms with Gasteiger partial charge in [0.1, 0.15) is 0 Å². The van der Waals surface area contributed by atoms with E-state index in [1.807, 2.05) is 4.90 Å². The van der Waals surface area contributed by atoms with Gasteiger partial charge in [0, 0.05) is 32.6 Å². The van der Waals surface area contributed by atoms with Gasteiger partial charge in [-0.05, 0) is 18.3 Å². The molecule has 1 heterocycles. The molecule has 0 aromatic carbocycles. The molecule has 0 aromatic heterocycles. The number of carbonyl (C=O) groups excluding carboxylic acids is 2. The van der Waals surface area contributed by atoms with Crippen LogP contribution in [0.1, 0.15) is 33.6 Å². The second-order valence-electron chi connectivity index (χ2n) is 6.42. The van der Waals surface area contributed by atoms with Crippen LogP contribution in [0, 0.1) is 24.2 Å². The SMILES string of the molecule is C#CCNC(=O)CN1CCCN(C(=O)CC(C)C(C)C)CC1. The minimum atomic E-state index is -0.0499. The number of nitrogens with one attached hydrogen (secondary N) is 1. The molecule has 0 bridgehead atoms. The van der Waals surface area contributed by atoms with E-state index in [-0.39, 0.29) is 18.4 Å². The van der Waals surface area contributed by atoms with Crippen molar-refractivity contribution in [2.24, 2.45) is 11.8 Å². The zero-order valence-corrected chi connectivity index (χ0v) is 14.1. The summed E-state index contributed by atoms with van der Waals surface area (Å²) in [6, 6.07) is 0. The fraction of sp³-hybridized carbons (Fsp3) is 0.765. The first-order valence-corrected chi connectivity index (χ1v) is 8.14. The van der Waals surface area contributed by atoms with Gasteiger partial charge in [0.2, 0.25) is 11.8 Å². The van der Waals surface area contributed by atoms with Crippen LogP contribution in [-0.4, -0.2) is 60.9 Å². The first-order valence-electron chi connectivity index (χ1n) is 8.14. The van der Waals surface area contributed by atoms with E-state index in [4.69, 9.17) is 6.42 Å². The summed E-state index contributed by atoms with van der Waals surface area (Å²) in [6.07, 6.45) is 6.64. The van der Waals surface area contributed by atoms with Crippen molar-refractivity contribution in [3.8, 4) is 12.3 Å². The Labute approximate surface area is 134 Å². The van der Waals surface area contributed by atoms with Gasteiger partial charge < -0.3 is 10.2 Å². The molecular formula is C17H29N3O2. The third-order valence-electron chi connectivity index (χ3n) is 4.33. The first kappa shape index (κ1) is 18.5. The highest BCUT2D eigenvalue weighted by Crippen LogP contribution is 2.16. The summed E-state index contributed by atoms with van der Waals surface area (Å²) < 4.78 is 0. The zero-order chi connectivity index (χ0) is 16.5. The number of hydrogen-bond acceptors (Lipinski definition) is 3. The van der Waals surface area contributed by atoms with Crippen LogP contribution in [0.4, 0.5) is 0 Å². The van der Waals surface area contributed by atoms with E-state index < -0.39 is 0 Å². The molecule has 2 amide bonds. The molecule has 5 heteroatoms. The summed E-state index contributed by atoms with van der Waals surface area (Å²) in [6.45, 7) is 10.1. The lowest BCUT2D eigenvalue weighted by Crippen LogP contribution is -2.40. The molecule has 0 aromatic rings. The van der Waals surface area contributed by atoms with Crippen LogP contribution >= 0.6 is 0 Å². The van der Waals surface area contributed by atoms with Crippen molar-refractivity contribution >= 4 is 11.8 Å². The minimum absolute atomic E-state index is 0.0499. The Balaban J connectivity index is 2.40. The predicted octanol–water partition coefficient (Wildman–Crippen LogP) is 0.952. The fourth-order valence-corrected chi connectivity index (χ4v) is 2.43. The maximum Gasteiger partial charge on any atom is 0.234 e. The second-order valence-corrected chi connectivity index (χ2v) is 6.42. The molecular weight excluding hydrogens is 278 g/mol. The van der Waals surface area contributed by atoms with Crippen molar-refractivity contribution in [3.63, 3.8) is 0 Å². The van der Waals surface area contributed by atoms with Crippen molar-refractivity contribution in [2.75, 3.05) is 39.3 Å². The quantitative estimate of drug-likeness (QED) is 0.744. The Morgan fingerprint density at radius 2 is 1.91 bits per heavy atom. The lowest BCUT2D eigenvalue weighted by Gasteiger charge is -2.24. The van der Waals surface area contributed by atoms with Crippen LogP contribution in [0.15, 0.2) is 0 Å². The Morgan fingerprint density at radius 3 is 2.55 bits per heavy atom. The van der Waals surface area contributed by atoms with E-state index in [1.54, 1.807) is 0 Å². The van der Waals surface area contributed by atoms with Gasteiger partial charge in [-0.2, -0.15) is 0 Å². The number of nitrogens with zero attached hydrogens (tertiary/aromatic N) is 2. The normalized spacial score (nSPS) is 17.7. The second kappa shape index (κ2) is 9.47. The molecule has 0 saturated carbocycles. The highest BCUT2D eigenvalue weighted by molar-refractivity contribution is 5.78. The summed E-state index contributed by atoms with van der Waals surface area (Å²) in [5.74, 6) is 3.50. The molecule has 1 aliphatic heterocycles. The molecule has 0 radical (unpaired) electrons. The monoisotopic (exact) mass is 307 g/mol. The van der Waals surface area contributed by atoms with Crippen LogP contribution in [-0.2, 0) is 9.59 Å². The van der Waals surface area contributed by atoms with E-state index in [0.29, 0.717) is 31.3 Å². The average molecular weight is 307 g/mol. The van der Waals surface area contributed by atoms with Crippen molar-refractivity contribution in [2.45, 2.75) is 33.6 Å². The topological polar surface area (TPSA) is 52.7 Å². The molecule has 124 valence electrons.